The van der Waals surface area contributed by atoms with Gasteiger partial charge in [0.2, 0.25) is 0 Å². The van der Waals surface area contributed by atoms with E-state index in [-0.39, 0.29) is 29.5 Å². The number of carbonyl (C=O) groups excluding carboxylic acids is 1. The lowest BCUT2D eigenvalue weighted by Gasteiger charge is -2.14. The first kappa shape index (κ1) is 21.1. The predicted octanol–water partition coefficient (Wildman–Crippen LogP) is 2.98. The highest BCUT2D eigenvalue weighted by Gasteiger charge is 2.21. The molecule has 0 atom stereocenters. The van der Waals surface area contributed by atoms with Gasteiger partial charge in [-0.3, -0.25) is 4.79 Å². The Hall–Kier alpha value is -3.16. The van der Waals surface area contributed by atoms with E-state index in [1.54, 1.807) is 6.26 Å². The smallest absolute Gasteiger partial charge is 0.196 e. The maximum absolute atomic E-state index is 14.1. The molecule has 0 saturated heterocycles. The van der Waals surface area contributed by atoms with E-state index in [1.165, 1.54) is 50.5 Å². The fourth-order valence-corrected chi connectivity index (χ4v) is 2.56. The van der Waals surface area contributed by atoms with Crippen LogP contribution in [0.15, 0.2) is 35.6 Å². The molecule has 0 spiro atoms. The number of thioether (sulfide) groups is 1. The van der Waals surface area contributed by atoms with Crippen LogP contribution in [0.25, 0.3) is 0 Å². The number of carbonyl (C=O) groups is 1. The van der Waals surface area contributed by atoms with Crippen LogP contribution in [0.5, 0.6) is 11.5 Å². The molecule has 0 radical (unpaired) electrons. The molecule has 0 amide bonds. The van der Waals surface area contributed by atoms with Crippen LogP contribution in [0.1, 0.15) is 16.1 Å². The van der Waals surface area contributed by atoms with Crippen molar-refractivity contribution in [3.63, 3.8) is 0 Å². The molecule has 2 rings (SSSR count). The number of methoxy groups -OCH3 is 2. The molecule has 0 bridgehead atoms. The average Bonchev–Trinajstić information content (AvgIpc) is 2.72. The van der Waals surface area contributed by atoms with E-state index in [0.717, 1.165) is 6.07 Å². The molecular weight excluding hydrogens is 387 g/mol. The third-order valence-electron chi connectivity index (χ3n) is 3.35. The van der Waals surface area contributed by atoms with E-state index in [1.807, 2.05) is 6.07 Å². The summed E-state index contributed by atoms with van der Waals surface area (Å²) in [5, 5.41) is 12.1. The van der Waals surface area contributed by atoms with Gasteiger partial charge in [-0.2, -0.15) is 5.26 Å². The summed E-state index contributed by atoms with van der Waals surface area (Å²) in [5.41, 5.74) is 0.0968. The second-order valence-electron chi connectivity index (χ2n) is 5.11. The summed E-state index contributed by atoms with van der Waals surface area (Å²) >= 11 is 1.24. The van der Waals surface area contributed by atoms with E-state index >= 15 is 0 Å². The van der Waals surface area contributed by atoms with Crippen LogP contribution in [-0.4, -0.2) is 43.0 Å². The first-order chi connectivity index (χ1) is 13.5. The van der Waals surface area contributed by atoms with Crippen LogP contribution >= 0.6 is 11.8 Å². The zero-order valence-electron chi connectivity index (χ0n) is 15.4. The second-order valence-corrected chi connectivity index (χ2v) is 5.95. The van der Waals surface area contributed by atoms with E-state index in [0.29, 0.717) is 10.8 Å². The fraction of sp³-hybridized carbons (Fsp3) is 0.222. The Labute approximate surface area is 165 Å². The number of rotatable bonds is 9. The summed E-state index contributed by atoms with van der Waals surface area (Å²) in [6.45, 7) is -0.118. The molecule has 1 heterocycles. The molecule has 10 heteroatoms. The van der Waals surface area contributed by atoms with Gasteiger partial charge in [0.1, 0.15) is 23.2 Å². The van der Waals surface area contributed by atoms with Gasteiger partial charge in [0, 0.05) is 13.2 Å². The van der Waals surface area contributed by atoms with Crippen molar-refractivity contribution in [3.05, 3.63) is 52.7 Å². The van der Waals surface area contributed by atoms with Gasteiger partial charge in [-0.25, -0.2) is 14.4 Å². The van der Waals surface area contributed by atoms with Crippen LogP contribution in [-0.2, 0) is 4.74 Å². The number of halogens is 1. The van der Waals surface area contributed by atoms with Crippen molar-refractivity contribution < 1.29 is 23.4 Å². The number of nitrogens with zero attached hydrogens (tertiary/aromatic N) is 3. The first-order valence-electron chi connectivity index (χ1n) is 7.81. The van der Waals surface area contributed by atoms with Crippen LogP contribution in [0, 0.1) is 17.1 Å². The van der Waals surface area contributed by atoms with Crippen molar-refractivity contribution in [1.29, 1.82) is 5.26 Å². The zero-order chi connectivity index (χ0) is 20.5. The fourth-order valence-electron chi connectivity index (χ4n) is 2.13. The second kappa shape index (κ2) is 10.2. The molecule has 0 saturated carbocycles. The largest absolute Gasteiger partial charge is 0.493 e. The number of ketones is 1. The Kier molecular flexibility index (Phi) is 7.74. The molecule has 0 fully saturated rings. The molecule has 0 unspecified atom stereocenters. The number of nitriles is 1. The summed E-state index contributed by atoms with van der Waals surface area (Å²) in [5.74, 6) is -0.996. The highest BCUT2D eigenvalue weighted by atomic mass is 32.2. The number of allylic oxidation sites excluding steroid dienone is 1. The number of aromatic nitrogens is 2. The Morgan fingerprint density at radius 2 is 2.14 bits per heavy atom. The van der Waals surface area contributed by atoms with Crippen LogP contribution in [0.2, 0.25) is 0 Å². The van der Waals surface area contributed by atoms with Crippen molar-refractivity contribution in [3.8, 4) is 17.6 Å². The van der Waals surface area contributed by atoms with Crippen LogP contribution in [0.4, 0.5) is 10.2 Å². The standard InChI is InChI=1S/C18H17FN4O4S/c1-25-10-27-14-5-4-12(19)18(26-2)17(14)13(24)6-16(28-3)23-15-9-21-11(7-20)8-22-15/h4-6,8-9H,10H2,1-3H3,(H,22,23). The van der Waals surface area contributed by atoms with Crippen LogP contribution in [0.3, 0.4) is 0 Å². The first-order valence-corrected chi connectivity index (χ1v) is 9.03. The number of hydrogen-bond donors (Lipinski definition) is 1. The number of benzene rings is 1. The van der Waals surface area contributed by atoms with Gasteiger partial charge in [-0.15, -0.1) is 11.8 Å². The molecular formula is C18H17FN4O4S. The quantitative estimate of drug-likeness (QED) is 0.383. The van der Waals surface area contributed by atoms with Gasteiger partial charge in [-0.1, -0.05) is 0 Å². The lowest BCUT2D eigenvalue weighted by Crippen LogP contribution is -2.09. The van der Waals surface area contributed by atoms with Crippen molar-refractivity contribution in [2.45, 2.75) is 0 Å². The summed E-state index contributed by atoms with van der Waals surface area (Å²) in [7, 11) is 2.69. The third kappa shape index (κ3) is 5.18. The molecule has 1 aromatic carbocycles. The Bertz CT molecular complexity index is 913. The van der Waals surface area contributed by atoms with Crippen molar-refractivity contribution >= 4 is 23.4 Å². The zero-order valence-corrected chi connectivity index (χ0v) is 16.2. The lowest BCUT2D eigenvalue weighted by molar-refractivity contribution is 0.0501. The molecule has 8 nitrogen and oxygen atoms in total. The molecule has 2 aromatic rings. The maximum atomic E-state index is 14.1. The highest BCUT2D eigenvalue weighted by molar-refractivity contribution is 8.02. The summed E-state index contributed by atoms with van der Waals surface area (Å²) in [6, 6.07) is 4.34. The molecule has 146 valence electrons. The Morgan fingerprint density at radius 1 is 1.36 bits per heavy atom. The SMILES string of the molecule is COCOc1ccc(F)c(OC)c1C(=O)C=C(Nc1cnc(C#N)cn1)SC. The minimum Gasteiger partial charge on any atom is -0.493 e. The highest BCUT2D eigenvalue weighted by Crippen LogP contribution is 2.33. The maximum Gasteiger partial charge on any atom is 0.196 e. The molecule has 28 heavy (non-hydrogen) atoms. The Morgan fingerprint density at radius 3 is 2.71 bits per heavy atom. The summed E-state index contributed by atoms with van der Waals surface area (Å²) in [4.78, 5) is 20.8. The number of ether oxygens (including phenoxy) is 3. The van der Waals surface area contributed by atoms with Crippen molar-refractivity contribution in [2.75, 3.05) is 32.6 Å². The number of anilines is 1. The third-order valence-corrected chi connectivity index (χ3v) is 4.01. The molecule has 1 N–H and O–H groups in total. The summed E-state index contributed by atoms with van der Waals surface area (Å²) < 4.78 is 29.4. The Balaban J connectivity index is 2.36. The lowest BCUT2D eigenvalue weighted by atomic mass is 10.1. The average molecular weight is 404 g/mol. The van der Waals surface area contributed by atoms with Gasteiger partial charge in [0.15, 0.2) is 29.8 Å². The van der Waals surface area contributed by atoms with E-state index in [4.69, 9.17) is 19.5 Å². The topological polar surface area (TPSA) is 106 Å². The predicted molar refractivity (Wildman–Crippen MR) is 102 cm³/mol. The van der Waals surface area contributed by atoms with Gasteiger partial charge in [0.25, 0.3) is 0 Å². The number of nitrogens with one attached hydrogen (secondary N) is 1. The van der Waals surface area contributed by atoms with Crippen molar-refractivity contribution in [1.82, 2.24) is 9.97 Å². The van der Waals surface area contributed by atoms with E-state index in [9.17, 15) is 9.18 Å². The molecule has 0 aliphatic carbocycles. The minimum atomic E-state index is -0.694. The van der Waals surface area contributed by atoms with Gasteiger partial charge in [-0.05, 0) is 18.4 Å². The molecule has 1 aromatic heterocycles. The van der Waals surface area contributed by atoms with E-state index < -0.39 is 11.6 Å². The van der Waals surface area contributed by atoms with E-state index in [2.05, 4.69) is 15.3 Å². The van der Waals surface area contributed by atoms with Gasteiger partial charge in [0.05, 0.1) is 24.5 Å². The van der Waals surface area contributed by atoms with Gasteiger partial charge >= 0.3 is 0 Å². The number of hydrogen-bond acceptors (Lipinski definition) is 9. The van der Waals surface area contributed by atoms with Crippen molar-refractivity contribution in [2.24, 2.45) is 0 Å². The minimum absolute atomic E-state index is 0.0705. The van der Waals surface area contributed by atoms with Gasteiger partial charge < -0.3 is 19.5 Å². The van der Waals surface area contributed by atoms with Crippen LogP contribution < -0.4 is 14.8 Å². The monoisotopic (exact) mass is 404 g/mol. The molecule has 0 aliphatic rings. The molecule has 0 aliphatic heterocycles. The summed E-state index contributed by atoms with van der Waals surface area (Å²) in [6.07, 6.45) is 5.67. The normalized spacial score (nSPS) is 10.9.